The van der Waals surface area contributed by atoms with E-state index in [-0.39, 0.29) is 33.1 Å². The first kappa shape index (κ1) is 21.4. The average molecular weight is 438 g/mol. The highest BCUT2D eigenvalue weighted by Gasteiger charge is 2.41. The Labute approximate surface area is 173 Å². The van der Waals surface area contributed by atoms with E-state index in [2.05, 4.69) is 9.97 Å². The lowest BCUT2D eigenvalue weighted by Gasteiger charge is -2.37. The minimum Gasteiger partial charge on any atom is -0.541 e. The fourth-order valence-corrected chi connectivity index (χ4v) is 3.96. The van der Waals surface area contributed by atoms with Gasteiger partial charge in [0.05, 0.1) is 10.6 Å². The largest absolute Gasteiger partial charge is 0.541 e. The van der Waals surface area contributed by atoms with E-state index in [1.165, 1.54) is 24.0 Å². The maximum absolute atomic E-state index is 14.8. The Morgan fingerprint density at radius 2 is 1.66 bits per heavy atom. The van der Waals surface area contributed by atoms with E-state index in [4.69, 9.17) is 16.0 Å². The molecule has 3 rings (SSSR count). The molecule has 0 aliphatic rings. The van der Waals surface area contributed by atoms with Gasteiger partial charge in [0, 0.05) is 25.0 Å². The van der Waals surface area contributed by atoms with Gasteiger partial charge in [0.15, 0.2) is 5.65 Å². The van der Waals surface area contributed by atoms with Gasteiger partial charge in [-0.2, -0.15) is 0 Å². The molecular formula is C20H22ClF2N3O2Si. The van der Waals surface area contributed by atoms with E-state index >= 15 is 0 Å². The molecule has 2 heterocycles. The van der Waals surface area contributed by atoms with E-state index in [1.807, 2.05) is 33.9 Å². The Kier molecular flexibility index (Phi) is 5.29. The van der Waals surface area contributed by atoms with Crippen molar-refractivity contribution in [3.8, 4) is 16.9 Å². The zero-order valence-corrected chi connectivity index (χ0v) is 18.9. The minimum absolute atomic E-state index is 0.0780. The number of hydrogen-bond donors (Lipinski definition) is 0. The van der Waals surface area contributed by atoms with Gasteiger partial charge in [-0.1, -0.05) is 32.4 Å². The summed E-state index contributed by atoms with van der Waals surface area (Å²) in [6.45, 7) is 10.1. The Morgan fingerprint density at radius 3 is 2.28 bits per heavy atom. The summed E-state index contributed by atoms with van der Waals surface area (Å²) in [5.74, 6) is -1.58. The molecule has 1 aromatic carbocycles. The highest BCUT2D eigenvalue weighted by Crippen LogP contribution is 2.43. The molecule has 0 bridgehead atoms. The van der Waals surface area contributed by atoms with Crippen molar-refractivity contribution in [3.63, 3.8) is 0 Å². The smallest absolute Gasteiger partial charge is 0.263 e. The predicted molar refractivity (Wildman–Crippen MR) is 113 cm³/mol. The number of hydrogen-bond acceptors (Lipinski definition) is 4. The molecule has 0 radical (unpaired) electrons. The van der Waals surface area contributed by atoms with Gasteiger partial charge >= 0.3 is 0 Å². The van der Waals surface area contributed by atoms with Crippen molar-refractivity contribution in [1.82, 2.24) is 14.5 Å². The molecule has 0 fully saturated rings. The average Bonchev–Trinajstić information content (AvgIpc) is 2.64. The molecular weight excluding hydrogens is 416 g/mol. The van der Waals surface area contributed by atoms with E-state index in [0.717, 1.165) is 12.1 Å². The lowest BCUT2D eigenvalue weighted by Crippen LogP contribution is -2.44. The molecule has 9 heteroatoms. The number of aryl methyl sites for hydroxylation is 1. The van der Waals surface area contributed by atoms with Crippen molar-refractivity contribution < 1.29 is 13.2 Å². The molecule has 0 saturated carbocycles. The van der Waals surface area contributed by atoms with E-state index in [1.54, 1.807) is 0 Å². The number of rotatable bonds is 3. The summed E-state index contributed by atoms with van der Waals surface area (Å²) in [6.07, 6.45) is 2.91. The topological polar surface area (TPSA) is 57.0 Å². The van der Waals surface area contributed by atoms with Gasteiger partial charge < -0.3 is 4.43 Å². The van der Waals surface area contributed by atoms with E-state index < -0.39 is 30.5 Å². The van der Waals surface area contributed by atoms with Crippen LogP contribution in [0.4, 0.5) is 8.78 Å². The fourth-order valence-electron chi connectivity index (χ4n) is 2.70. The zero-order chi connectivity index (χ0) is 21.7. The van der Waals surface area contributed by atoms with Crippen LogP contribution in [0.15, 0.2) is 29.3 Å². The zero-order valence-electron chi connectivity index (χ0n) is 17.1. The molecule has 0 aliphatic carbocycles. The predicted octanol–water partition coefficient (Wildman–Crippen LogP) is 5.31. The van der Waals surface area contributed by atoms with Crippen LogP contribution in [-0.2, 0) is 7.05 Å². The first-order valence-corrected chi connectivity index (χ1v) is 12.3. The second-order valence-corrected chi connectivity index (χ2v) is 13.5. The van der Waals surface area contributed by atoms with Gasteiger partial charge in [0.25, 0.3) is 13.9 Å². The number of nitrogens with zero attached hydrogens (tertiary/aromatic N) is 3. The van der Waals surface area contributed by atoms with Crippen LogP contribution in [-0.4, -0.2) is 22.9 Å². The maximum Gasteiger partial charge on any atom is 0.263 e. The maximum atomic E-state index is 14.8. The summed E-state index contributed by atoms with van der Waals surface area (Å²) < 4.78 is 36.6. The van der Waals surface area contributed by atoms with E-state index in [9.17, 15) is 13.6 Å². The molecule has 0 spiro atoms. The molecule has 3 aromatic rings. The highest BCUT2D eigenvalue weighted by atomic mass is 35.5. The Bertz CT molecular complexity index is 1170. The van der Waals surface area contributed by atoms with Gasteiger partial charge in [-0.15, -0.1) is 0 Å². The van der Waals surface area contributed by atoms with Crippen LogP contribution in [0.5, 0.6) is 5.75 Å². The van der Waals surface area contributed by atoms with Gasteiger partial charge in [-0.25, -0.2) is 18.7 Å². The molecule has 0 atom stereocenters. The summed E-state index contributed by atoms with van der Waals surface area (Å²) in [6, 6.07) is 1.85. The monoisotopic (exact) mass is 437 g/mol. The third-order valence-corrected chi connectivity index (χ3v) is 10.1. The summed E-state index contributed by atoms with van der Waals surface area (Å²) in [5.41, 5.74) is -0.531. The standard InChI is InChI=1S/C20H22ClF2N3O2Si/c1-20(2,3)29(5,6)28-17-14(13-11(22)7-8-12(23)15(13)21)19(27)26(4)18-16(17)24-9-10-25-18/h7-10H,1-6H3. The Morgan fingerprint density at radius 1 is 1.07 bits per heavy atom. The highest BCUT2D eigenvalue weighted by molar-refractivity contribution is 6.74. The third-order valence-electron chi connectivity index (χ3n) is 5.41. The number of halogens is 3. The summed E-state index contributed by atoms with van der Waals surface area (Å²) in [4.78, 5) is 21.8. The molecule has 0 N–H and O–H groups in total. The van der Waals surface area contributed by atoms with E-state index in [0.29, 0.717) is 0 Å². The van der Waals surface area contributed by atoms with Crippen molar-refractivity contribution in [2.24, 2.45) is 7.05 Å². The van der Waals surface area contributed by atoms with Gasteiger partial charge in [0.1, 0.15) is 22.9 Å². The van der Waals surface area contributed by atoms with Crippen molar-refractivity contribution in [3.05, 3.63) is 51.5 Å². The summed E-state index contributed by atoms with van der Waals surface area (Å²) in [5, 5.41) is -0.699. The molecule has 0 amide bonds. The van der Waals surface area contributed by atoms with Crippen LogP contribution in [0, 0.1) is 11.6 Å². The lowest BCUT2D eigenvalue weighted by molar-refractivity contribution is 0.494. The quantitative estimate of drug-likeness (QED) is 0.411. The second-order valence-electron chi connectivity index (χ2n) is 8.38. The molecule has 0 saturated heterocycles. The van der Waals surface area contributed by atoms with Gasteiger partial charge in [-0.3, -0.25) is 9.36 Å². The number of benzene rings is 1. The van der Waals surface area contributed by atoms with Crippen molar-refractivity contribution in [2.75, 3.05) is 0 Å². The molecule has 0 unspecified atom stereocenters. The number of fused-ring (bicyclic) bond motifs is 1. The van der Waals surface area contributed by atoms with Crippen molar-refractivity contribution in [2.45, 2.75) is 38.9 Å². The SMILES string of the molecule is Cn1c(=O)c(-c2c(F)ccc(F)c2Cl)c(O[Si](C)(C)C(C)(C)C)c2nccnc21. The van der Waals surface area contributed by atoms with Gasteiger partial charge in [0.2, 0.25) is 0 Å². The first-order valence-electron chi connectivity index (χ1n) is 9.03. The number of pyridine rings is 1. The van der Waals surface area contributed by atoms with Crippen LogP contribution in [0.2, 0.25) is 23.2 Å². The second kappa shape index (κ2) is 7.18. The summed E-state index contributed by atoms with van der Waals surface area (Å²) >= 11 is 6.10. The Balaban J connectivity index is 2.50. The molecule has 154 valence electrons. The van der Waals surface area contributed by atoms with Crippen molar-refractivity contribution in [1.29, 1.82) is 0 Å². The van der Waals surface area contributed by atoms with Crippen LogP contribution >= 0.6 is 11.6 Å². The summed E-state index contributed by atoms with van der Waals surface area (Å²) in [7, 11) is -1.00. The first-order chi connectivity index (χ1) is 13.4. The normalized spacial score (nSPS) is 12.4. The third kappa shape index (κ3) is 3.55. The van der Waals surface area contributed by atoms with Crippen LogP contribution < -0.4 is 9.99 Å². The van der Waals surface area contributed by atoms with Crippen LogP contribution in [0.3, 0.4) is 0 Å². The molecule has 0 aliphatic heterocycles. The van der Waals surface area contributed by atoms with Crippen LogP contribution in [0.25, 0.3) is 22.3 Å². The molecule has 5 nitrogen and oxygen atoms in total. The van der Waals surface area contributed by atoms with Crippen LogP contribution in [0.1, 0.15) is 20.8 Å². The fraction of sp³-hybridized carbons (Fsp3) is 0.350. The number of aromatic nitrogens is 3. The van der Waals surface area contributed by atoms with Crippen molar-refractivity contribution >= 4 is 31.1 Å². The minimum atomic E-state index is -2.49. The lowest BCUT2D eigenvalue weighted by atomic mass is 10.0. The van der Waals surface area contributed by atoms with Gasteiger partial charge in [-0.05, 0) is 30.3 Å². The molecule has 29 heavy (non-hydrogen) atoms. The Hall–Kier alpha value is -2.32. The molecule has 2 aromatic heterocycles.